The molecule has 0 aromatic carbocycles. The lowest BCUT2D eigenvalue weighted by Gasteiger charge is -2.12. The van der Waals surface area contributed by atoms with E-state index in [2.05, 4.69) is 21.7 Å². The highest BCUT2D eigenvalue weighted by molar-refractivity contribution is 8.00. The predicted molar refractivity (Wildman–Crippen MR) is 60.9 cm³/mol. The van der Waals surface area contributed by atoms with Crippen LogP contribution in [0.4, 0.5) is 0 Å². The summed E-state index contributed by atoms with van der Waals surface area (Å²) in [7, 11) is 2.05. The minimum absolute atomic E-state index is 0.657. The Morgan fingerprint density at radius 3 is 2.93 bits per heavy atom. The number of aromatic nitrogens is 2. The van der Waals surface area contributed by atoms with Crippen LogP contribution in [0.1, 0.15) is 18.7 Å². The number of hydrogen-bond donors (Lipinski definition) is 1. The average molecular weight is 229 g/mol. The molecule has 0 saturated heterocycles. The van der Waals surface area contributed by atoms with Crippen molar-refractivity contribution in [2.75, 3.05) is 12.8 Å². The predicted octanol–water partition coefficient (Wildman–Crippen LogP) is 1.94. The third kappa shape index (κ3) is 2.68. The Balaban J connectivity index is 1.80. The Hall–Kier alpha value is -0.130. The van der Waals surface area contributed by atoms with Crippen molar-refractivity contribution < 1.29 is 0 Å². The minimum Gasteiger partial charge on any atom is -0.316 e. The average Bonchev–Trinajstić information content (AvgIpc) is 2.92. The minimum atomic E-state index is 0.657. The Bertz CT molecular complexity index is 296. The van der Waals surface area contributed by atoms with Gasteiger partial charge in [-0.1, -0.05) is 11.8 Å². The molecule has 5 heteroatoms. The largest absolute Gasteiger partial charge is 0.316 e. The molecular formula is C9H15N3S2. The highest BCUT2D eigenvalue weighted by Crippen LogP contribution is 2.35. The van der Waals surface area contributed by atoms with E-state index < -0.39 is 0 Å². The molecule has 78 valence electrons. The highest BCUT2D eigenvalue weighted by atomic mass is 32.2. The van der Waals surface area contributed by atoms with E-state index in [4.69, 9.17) is 0 Å². The van der Waals surface area contributed by atoms with Gasteiger partial charge < -0.3 is 5.32 Å². The van der Waals surface area contributed by atoms with Crippen LogP contribution < -0.4 is 5.32 Å². The van der Waals surface area contributed by atoms with E-state index in [1.807, 2.05) is 18.7 Å². The molecule has 14 heavy (non-hydrogen) atoms. The monoisotopic (exact) mass is 229 g/mol. The third-order valence-corrected chi connectivity index (χ3v) is 4.50. The number of hydrogen-bond acceptors (Lipinski definition) is 5. The van der Waals surface area contributed by atoms with Gasteiger partial charge in [0.25, 0.3) is 0 Å². The summed E-state index contributed by atoms with van der Waals surface area (Å²) in [5, 5.41) is 3.38. The molecule has 3 nitrogen and oxygen atoms in total. The molecule has 1 aromatic rings. The summed E-state index contributed by atoms with van der Waals surface area (Å²) in [6.45, 7) is 1.94. The molecule has 1 heterocycles. The summed E-state index contributed by atoms with van der Waals surface area (Å²) in [6, 6.07) is 0.657. The van der Waals surface area contributed by atoms with Crippen LogP contribution in [0.2, 0.25) is 0 Å². The fraction of sp³-hybridized carbons (Fsp3) is 0.778. The summed E-state index contributed by atoms with van der Waals surface area (Å²) in [4.78, 5) is 4.34. The van der Waals surface area contributed by atoms with Crippen LogP contribution in [-0.4, -0.2) is 28.2 Å². The molecule has 1 fully saturated rings. The van der Waals surface area contributed by atoms with Gasteiger partial charge in [0.2, 0.25) is 0 Å². The number of aryl methyl sites for hydroxylation is 1. The van der Waals surface area contributed by atoms with Crippen molar-refractivity contribution in [2.45, 2.75) is 30.1 Å². The first-order valence-electron chi connectivity index (χ1n) is 4.90. The molecule has 1 N–H and O–H groups in total. The van der Waals surface area contributed by atoms with Crippen molar-refractivity contribution in [3.05, 3.63) is 5.82 Å². The number of nitrogens with zero attached hydrogens (tertiary/aromatic N) is 2. The lowest BCUT2D eigenvalue weighted by atomic mass is 10.2. The SMILES string of the molecule is CNC(CSc1nc(C)ns1)C1CC1. The first-order valence-corrected chi connectivity index (χ1v) is 6.66. The lowest BCUT2D eigenvalue weighted by Crippen LogP contribution is -2.29. The van der Waals surface area contributed by atoms with Gasteiger partial charge in [0, 0.05) is 11.8 Å². The van der Waals surface area contributed by atoms with Gasteiger partial charge >= 0.3 is 0 Å². The van der Waals surface area contributed by atoms with Gasteiger partial charge in [0.15, 0.2) is 4.34 Å². The molecule has 0 spiro atoms. The van der Waals surface area contributed by atoms with Gasteiger partial charge in [-0.3, -0.25) is 0 Å². The van der Waals surface area contributed by atoms with Gasteiger partial charge in [0.1, 0.15) is 5.82 Å². The van der Waals surface area contributed by atoms with E-state index in [0.29, 0.717) is 6.04 Å². The maximum Gasteiger partial charge on any atom is 0.170 e. The van der Waals surface area contributed by atoms with E-state index in [-0.39, 0.29) is 0 Å². The van der Waals surface area contributed by atoms with Crippen molar-refractivity contribution in [3.63, 3.8) is 0 Å². The smallest absolute Gasteiger partial charge is 0.170 e. The number of thioether (sulfide) groups is 1. The molecule has 0 amide bonds. The first kappa shape index (κ1) is 10.4. The molecule has 1 aliphatic carbocycles. The van der Waals surface area contributed by atoms with Crippen LogP contribution in [0.25, 0.3) is 0 Å². The third-order valence-electron chi connectivity index (χ3n) is 2.46. The van der Waals surface area contributed by atoms with Crippen molar-refractivity contribution in [1.29, 1.82) is 0 Å². The second-order valence-electron chi connectivity index (χ2n) is 3.65. The van der Waals surface area contributed by atoms with Crippen molar-refractivity contribution in [1.82, 2.24) is 14.7 Å². The summed E-state index contributed by atoms with van der Waals surface area (Å²) in [6.07, 6.45) is 2.78. The first-order chi connectivity index (χ1) is 6.79. The van der Waals surface area contributed by atoms with E-state index in [9.17, 15) is 0 Å². The zero-order chi connectivity index (χ0) is 9.97. The zero-order valence-corrected chi connectivity index (χ0v) is 10.1. The second kappa shape index (κ2) is 4.59. The Kier molecular flexibility index (Phi) is 3.41. The quantitative estimate of drug-likeness (QED) is 0.783. The second-order valence-corrected chi connectivity index (χ2v) is 5.67. The van der Waals surface area contributed by atoms with Crippen LogP contribution in [0.5, 0.6) is 0 Å². The Morgan fingerprint density at radius 1 is 1.64 bits per heavy atom. The molecular weight excluding hydrogens is 214 g/mol. The Morgan fingerprint density at radius 2 is 2.43 bits per heavy atom. The molecule has 1 unspecified atom stereocenters. The lowest BCUT2D eigenvalue weighted by molar-refractivity contribution is 0.554. The molecule has 1 atom stereocenters. The van der Waals surface area contributed by atoms with Gasteiger partial charge in [-0.25, -0.2) is 4.98 Å². The summed E-state index contributed by atoms with van der Waals surface area (Å²) in [5.41, 5.74) is 0. The fourth-order valence-corrected chi connectivity index (χ4v) is 3.36. The van der Waals surface area contributed by atoms with Crippen LogP contribution >= 0.6 is 23.3 Å². The van der Waals surface area contributed by atoms with Gasteiger partial charge in [-0.15, -0.1) is 0 Å². The summed E-state index contributed by atoms with van der Waals surface area (Å²) in [5.74, 6) is 2.92. The van der Waals surface area contributed by atoms with Gasteiger partial charge in [-0.05, 0) is 44.3 Å². The number of rotatable bonds is 5. The molecule has 2 rings (SSSR count). The normalized spacial score (nSPS) is 18.4. The molecule has 1 saturated carbocycles. The van der Waals surface area contributed by atoms with Gasteiger partial charge in [0.05, 0.1) is 0 Å². The van der Waals surface area contributed by atoms with E-state index in [1.165, 1.54) is 24.4 Å². The van der Waals surface area contributed by atoms with Crippen molar-refractivity contribution in [2.24, 2.45) is 5.92 Å². The van der Waals surface area contributed by atoms with Crippen LogP contribution in [0, 0.1) is 12.8 Å². The number of nitrogens with one attached hydrogen (secondary N) is 1. The van der Waals surface area contributed by atoms with Crippen LogP contribution in [0.15, 0.2) is 4.34 Å². The Labute approximate surface area is 92.9 Å². The fourth-order valence-electron chi connectivity index (χ4n) is 1.45. The van der Waals surface area contributed by atoms with Crippen molar-refractivity contribution in [3.8, 4) is 0 Å². The molecule has 1 aliphatic rings. The van der Waals surface area contributed by atoms with E-state index in [1.54, 1.807) is 0 Å². The molecule has 0 bridgehead atoms. The van der Waals surface area contributed by atoms with Crippen LogP contribution in [0.3, 0.4) is 0 Å². The molecule has 0 radical (unpaired) electrons. The summed E-state index contributed by atoms with van der Waals surface area (Å²) < 4.78 is 5.27. The molecule has 0 aliphatic heterocycles. The van der Waals surface area contributed by atoms with Crippen molar-refractivity contribution >= 4 is 23.3 Å². The molecule has 1 aromatic heterocycles. The maximum absolute atomic E-state index is 4.34. The zero-order valence-electron chi connectivity index (χ0n) is 8.49. The standard InChI is InChI=1S/C9H15N3S2/c1-6-11-9(14-12-6)13-5-8(10-2)7-3-4-7/h7-8,10H,3-5H2,1-2H3. The van der Waals surface area contributed by atoms with Crippen LogP contribution in [-0.2, 0) is 0 Å². The maximum atomic E-state index is 4.34. The topological polar surface area (TPSA) is 37.8 Å². The van der Waals surface area contributed by atoms with Gasteiger partial charge in [-0.2, -0.15) is 4.37 Å². The highest BCUT2D eigenvalue weighted by Gasteiger charge is 2.30. The summed E-state index contributed by atoms with van der Waals surface area (Å²) >= 11 is 3.33. The van der Waals surface area contributed by atoms with E-state index in [0.717, 1.165) is 21.8 Å². The van der Waals surface area contributed by atoms with E-state index >= 15 is 0 Å².